The molecule has 2 aliphatic rings. The number of ether oxygens (including phenoxy) is 1. The number of hydrogen-bond donors (Lipinski definition) is 2. The second-order valence-electron chi connectivity index (χ2n) is 9.61. The number of anilines is 1. The van der Waals surface area contributed by atoms with Crippen LogP contribution in [0.15, 0.2) is 76.1 Å². The molecular formula is C27H21BrF3N3O4S. The van der Waals surface area contributed by atoms with E-state index in [0.29, 0.717) is 45.0 Å². The van der Waals surface area contributed by atoms with Crippen LogP contribution in [-0.4, -0.2) is 30.7 Å². The zero-order chi connectivity index (χ0) is 27.7. The third-order valence-corrected chi connectivity index (χ3v) is 9.37. The van der Waals surface area contributed by atoms with E-state index >= 15 is 0 Å². The lowest BCUT2D eigenvalue weighted by Gasteiger charge is -2.32. The number of aryl methyl sites for hydroxylation is 1. The summed E-state index contributed by atoms with van der Waals surface area (Å²) in [6, 6.07) is 16.2. The number of fused-ring (bicyclic) bond motifs is 6. The second-order valence-corrected chi connectivity index (χ2v) is 12.3. The van der Waals surface area contributed by atoms with Gasteiger partial charge in [-0.25, -0.2) is 12.4 Å². The standard InChI is InChI=1S/C27H21BrF3N3O4S/c1-15-6-12-20-19-4-2-3-5-23(19)34(39(36,37)18-10-8-17(9-11-18)38-27(29,30)31)24(20)26(33-15)21-14-16(28)7-13-22(21)32-25(26)35/h2-5,7-11,13-15,33H,6,12H2,1H3,(H,32,35). The van der Waals surface area contributed by atoms with Crippen LogP contribution in [0.2, 0.25) is 0 Å². The number of rotatable bonds is 3. The number of carbonyl (C=O) groups is 1. The highest BCUT2D eigenvalue weighted by Crippen LogP contribution is 2.48. The van der Waals surface area contributed by atoms with Crippen molar-refractivity contribution in [3.63, 3.8) is 0 Å². The van der Waals surface area contributed by atoms with E-state index in [1.54, 1.807) is 36.4 Å². The van der Waals surface area contributed by atoms with Gasteiger partial charge in [-0.05, 0) is 73.9 Å². The molecule has 0 saturated carbocycles. The van der Waals surface area contributed by atoms with Crippen molar-refractivity contribution in [2.24, 2.45) is 0 Å². The maximum Gasteiger partial charge on any atom is 0.573 e. The summed E-state index contributed by atoms with van der Waals surface area (Å²) in [5.74, 6) is -0.961. The number of alkyl halides is 3. The predicted molar refractivity (Wildman–Crippen MR) is 142 cm³/mol. The molecule has 0 radical (unpaired) electrons. The summed E-state index contributed by atoms with van der Waals surface area (Å²) >= 11 is 3.48. The number of amides is 1. The van der Waals surface area contributed by atoms with Crippen LogP contribution in [0.5, 0.6) is 5.75 Å². The van der Waals surface area contributed by atoms with Crippen LogP contribution in [0.25, 0.3) is 10.9 Å². The fourth-order valence-electron chi connectivity index (χ4n) is 5.60. The zero-order valence-electron chi connectivity index (χ0n) is 20.3. The number of halogens is 4. The third-order valence-electron chi connectivity index (χ3n) is 7.15. The number of nitrogens with zero attached hydrogens (tertiary/aromatic N) is 1. The number of benzene rings is 3. The van der Waals surface area contributed by atoms with Crippen molar-refractivity contribution in [2.75, 3.05) is 5.32 Å². The molecule has 2 atom stereocenters. The lowest BCUT2D eigenvalue weighted by molar-refractivity contribution is -0.274. The van der Waals surface area contributed by atoms with Gasteiger partial charge in [0, 0.05) is 27.2 Å². The fourth-order valence-corrected chi connectivity index (χ4v) is 7.56. The van der Waals surface area contributed by atoms with Gasteiger partial charge >= 0.3 is 6.36 Å². The summed E-state index contributed by atoms with van der Waals surface area (Å²) in [5.41, 5.74) is 0.924. The number of carbonyl (C=O) groups excluding carboxylic acids is 1. The molecule has 202 valence electrons. The minimum atomic E-state index is -4.92. The topological polar surface area (TPSA) is 89.4 Å². The van der Waals surface area contributed by atoms with Crippen LogP contribution >= 0.6 is 15.9 Å². The largest absolute Gasteiger partial charge is 0.573 e. The summed E-state index contributed by atoms with van der Waals surface area (Å²) in [6.07, 6.45) is -3.77. The van der Waals surface area contributed by atoms with Crippen LogP contribution in [0.3, 0.4) is 0 Å². The normalized spacial score (nSPS) is 20.9. The quantitative estimate of drug-likeness (QED) is 0.309. The van der Waals surface area contributed by atoms with Crippen molar-refractivity contribution >= 4 is 48.5 Å². The Morgan fingerprint density at radius 2 is 1.79 bits per heavy atom. The molecule has 0 saturated heterocycles. The highest BCUT2D eigenvalue weighted by atomic mass is 79.9. The van der Waals surface area contributed by atoms with E-state index in [9.17, 15) is 26.4 Å². The van der Waals surface area contributed by atoms with Gasteiger partial charge in [-0.2, -0.15) is 0 Å². The Hall–Kier alpha value is -3.35. The van der Waals surface area contributed by atoms with Gasteiger partial charge in [0.15, 0.2) is 5.54 Å². The van der Waals surface area contributed by atoms with E-state index in [2.05, 4.69) is 31.3 Å². The van der Waals surface area contributed by atoms with Crippen molar-refractivity contribution in [1.82, 2.24) is 9.29 Å². The Morgan fingerprint density at radius 1 is 1.08 bits per heavy atom. The molecule has 4 aromatic rings. The van der Waals surface area contributed by atoms with Crippen molar-refractivity contribution in [1.29, 1.82) is 0 Å². The average Bonchev–Trinajstić information content (AvgIpc) is 3.28. The van der Waals surface area contributed by atoms with Crippen molar-refractivity contribution < 1.29 is 31.1 Å². The summed E-state index contributed by atoms with van der Waals surface area (Å²) < 4.78 is 72.5. The van der Waals surface area contributed by atoms with Gasteiger partial charge in [0.2, 0.25) is 0 Å². The third kappa shape index (κ3) is 4.04. The Balaban J connectivity index is 1.66. The van der Waals surface area contributed by atoms with Gasteiger partial charge in [-0.1, -0.05) is 34.1 Å². The maximum absolute atomic E-state index is 14.3. The van der Waals surface area contributed by atoms with Gasteiger partial charge in [-0.3, -0.25) is 10.1 Å². The van der Waals surface area contributed by atoms with Crippen LogP contribution in [0, 0.1) is 0 Å². The minimum Gasteiger partial charge on any atom is -0.406 e. The lowest BCUT2D eigenvalue weighted by Crippen LogP contribution is -2.53. The molecule has 39 heavy (non-hydrogen) atoms. The smallest absolute Gasteiger partial charge is 0.406 e. The average molecular weight is 620 g/mol. The molecule has 1 aromatic heterocycles. The van der Waals surface area contributed by atoms with Gasteiger partial charge in [0.05, 0.1) is 16.1 Å². The zero-order valence-corrected chi connectivity index (χ0v) is 22.7. The first kappa shape index (κ1) is 25.9. The van der Waals surface area contributed by atoms with Crippen molar-refractivity contribution in [3.8, 4) is 5.75 Å². The van der Waals surface area contributed by atoms with E-state index in [-0.39, 0.29) is 16.6 Å². The first-order chi connectivity index (χ1) is 18.4. The van der Waals surface area contributed by atoms with Gasteiger partial charge in [0.1, 0.15) is 5.75 Å². The molecule has 3 heterocycles. The molecule has 1 spiro atoms. The monoisotopic (exact) mass is 619 g/mol. The van der Waals surface area contributed by atoms with Crippen LogP contribution in [0.4, 0.5) is 18.9 Å². The molecule has 6 rings (SSSR count). The summed E-state index contributed by atoms with van der Waals surface area (Å²) in [7, 11) is -4.41. The van der Waals surface area contributed by atoms with E-state index in [0.717, 1.165) is 28.2 Å². The van der Waals surface area contributed by atoms with Crippen molar-refractivity contribution in [2.45, 2.75) is 42.6 Å². The number of para-hydroxylation sites is 1. The second kappa shape index (κ2) is 8.83. The molecule has 3 aromatic carbocycles. The van der Waals surface area contributed by atoms with Gasteiger partial charge in [-0.15, -0.1) is 13.2 Å². The minimum absolute atomic E-state index is 0.151. The van der Waals surface area contributed by atoms with Gasteiger partial charge < -0.3 is 10.1 Å². The number of nitrogens with one attached hydrogen (secondary N) is 2. The molecule has 0 bridgehead atoms. The van der Waals surface area contributed by atoms with Gasteiger partial charge in [0.25, 0.3) is 15.9 Å². The van der Waals surface area contributed by atoms with E-state index in [1.807, 2.05) is 13.0 Å². The first-order valence-electron chi connectivity index (χ1n) is 12.1. The molecular weight excluding hydrogens is 599 g/mol. The molecule has 0 aliphatic carbocycles. The molecule has 7 nitrogen and oxygen atoms in total. The molecule has 2 unspecified atom stereocenters. The Kier molecular flexibility index (Phi) is 5.87. The Labute approximate surface area is 230 Å². The molecule has 1 amide bonds. The molecule has 2 aliphatic heterocycles. The van der Waals surface area contributed by atoms with Crippen LogP contribution < -0.4 is 15.4 Å². The molecule has 12 heteroatoms. The maximum atomic E-state index is 14.3. The molecule has 0 fully saturated rings. The first-order valence-corrected chi connectivity index (χ1v) is 14.3. The van der Waals surface area contributed by atoms with Crippen LogP contribution in [0.1, 0.15) is 30.2 Å². The van der Waals surface area contributed by atoms with E-state index in [1.165, 1.54) is 0 Å². The highest BCUT2D eigenvalue weighted by Gasteiger charge is 2.54. The number of aromatic nitrogens is 1. The van der Waals surface area contributed by atoms with E-state index in [4.69, 9.17) is 0 Å². The lowest BCUT2D eigenvalue weighted by atomic mass is 9.85. The Bertz CT molecular complexity index is 1750. The van der Waals surface area contributed by atoms with E-state index < -0.39 is 33.6 Å². The van der Waals surface area contributed by atoms with Crippen LogP contribution in [-0.2, 0) is 26.8 Å². The summed E-state index contributed by atoms with van der Waals surface area (Å²) in [6.45, 7) is 1.94. The Morgan fingerprint density at radius 3 is 2.51 bits per heavy atom. The highest BCUT2D eigenvalue weighted by molar-refractivity contribution is 9.10. The van der Waals surface area contributed by atoms with Crippen molar-refractivity contribution in [3.05, 3.63) is 88.0 Å². The number of hydrogen-bond acceptors (Lipinski definition) is 5. The summed E-state index contributed by atoms with van der Waals surface area (Å²) in [4.78, 5) is 13.7. The summed E-state index contributed by atoms with van der Waals surface area (Å²) in [5, 5.41) is 7.03. The predicted octanol–water partition coefficient (Wildman–Crippen LogP) is 5.66. The molecule has 2 N–H and O–H groups in total. The fraction of sp³-hybridized carbons (Fsp3) is 0.222. The SMILES string of the molecule is CC1CCc2c(n(S(=O)(=O)c3ccc(OC(F)(F)F)cc3)c3ccccc23)C2(N1)C(=O)Nc1ccc(Br)cc12.